The average Bonchev–Trinajstić information content (AvgIpc) is 1.81. The second-order valence-electron chi connectivity index (χ2n) is 0. The second kappa shape index (κ2) is 1280. The Kier molecular flexibility index (Phi) is 3650. The smallest absolute Gasteiger partial charge is 0.0285 e. The van der Waals surface area contributed by atoms with Crippen LogP contribution in [0.1, 0.15) is 0 Å². The molecule has 0 unspecified atom stereocenters. The van der Waals surface area contributed by atoms with Gasteiger partial charge in [-0.1, -0.05) is 0 Å². The fraction of sp³-hybridized carbons (Fsp3) is 0. The van der Waals surface area contributed by atoms with E-state index >= 15 is 0 Å². The van der Waals surface area contributed by atoms with Crippen LogP contribution in [0.5, 0.6) is 0 Å². The van der Waals surface area contributed by atoms with Gasteiger partial charge in [0.25, 0.3) is 0 Å². The number of hydrogen-bond donors (Lipinski definition) is 5. The molecule has 0 aromatic carbocycles. The van der Waals surface area contributed by atoms with Gasteiger partial charge in [0, 0.05) is 0 Å². The molecule has 0 aromatic heterocycles. The Balaban J connectivity index is -0.0000000225. The maximum atomic E-state index is 5.00. The normalized spacial score (nSPS) is 2.67. The van der Waals surface area contributed by atoms with Crippen LogP contribution >= 0.6 is 11.8 Å². The lowest BCUT2D eigenvalue weighted by Gasteiger charge is -1.27. The van der Waals surface area contributed by atoms with Gasteiger partial charge < -0.3 is 0 Å². The van der Waals surface area contributed by atoms with E-state index in [-0.39, 0.29) is 0 Å². The fourth-order valence-corrected chi connectivity index (χ4v) is 0. The van der Waals surface area contributed by atoms with Crippen LogP contribution < -0.4 is 16.9 Å². The average molecular weight is 114 g/mol. The summed E-state index contributed by atoms with van der Waals surface area (Å²) in [6, 6.07) is 0. The molecule has 0 saturated carbocycles. The van der Waals surface area contributed by atoms with E-state index in [4.69, 9.17) is 11.1 Å². The van der Waals surface area contributed by atoms with E-state index in [2.05, 4.69) is 28.7 Å². The zero-order valence-electron chi connectivity index (χ0n) is 3.11. The van der Waals surface area contributed by atoms with E-state index in [0.29, 0.717) is 0 Å². The molecule has 0 heterocycles. The molecule has 0 spiro atoms. The van der Waals surface area contributed by atoms with Gasteiger partial charge >= 0.3 is 0 Å². The maximum absolute atomic E-state index is 5.00. The zero-order valence-corrected chi connectivity index (χ0v) is 3.87. The molecule has 0 atom stereocenters. The van der Waals surface area contributed by atoms with Crippen molar-refractivity contribution in [3.05, 3.63) is 0 Å². The minimum Gasteiger partial charge on any atom is -0.274 e. The van der Waals surface area contributed by atoms with Crippen molar-refractivity contribution in [1.82, 2.24) is 0 Å². The molecule has 0 saturated heterocycles. The first-order chi connectivity index (χ1) is 3.00. The molecule has 0 aliphatic rings. The molecule has 6 heteroatoms. The Morgan fingerprint density at radius 1 is 1.00 bits per heavy atom. The van der Waals surface area contributed by atoms with Crippen molar-refractivity contribution in [2.24, 2.45) is 16.9 Å². The second-order valence-corrected chi connectivity index (χ2v) is 0. The summed E-state index contributed by atoms with van der Waals surface area (Å²) in [5, 5.41) is 3.97. The first-order valence-electron chi connectivity index (χ1n) is 0.802. The predicted molar refractivity (Wildman–Crippen MR) is 23.9 cm³/mol. The lowest BCUT2D eigenvalue weighted by molar-refractivity contribution is 1.05. The highest BCUT2D eigenvalue weighted by molar-refractivity contribution is 6.11. The van der Waals surface area contributed by atoms with Crippen LogP contribution in [-0.4, -0.2) is 0 Å². The van der Waals surface area contributed by atoms with Crippen LogP contribution in [-0.2, 0) is 0 Å². The number of hydrazine groups is 1. The molecule has 0 aliphatic heterocycles. The number of halogens is 1. The largest absolute Gasteiger partial charge is 0.274 e. The van der Waals surface area contributed by atoms with Gasteiger partial charge in [-0.3, -0.25) is 11.7 Å². The molecule has 0 aliphatic carbocycles. The highest BCUT2D eigenvalue weighted by Gasteiger charge is 0.868. The van der Waals surface area contributed by atoms with Gasteiger partial charge in [-0.25, -0.2) is 16.3 Å². The minimum absolute atomic E-state index is 3.97. The van der Waals surface area contributed by atoms with Gasteiger partial charge in [0.05, 0.1) is 0 Å². The highest BCUT2D eigenvalue weighted by Crippen LogP contribution is 1.15. The van der Waals surface area contributed by atoms with Crippen LogP contribution in [0.25, 0.3) is 0 Å². The Hall–Kier alpha value is -0.230. The van der Waals surface area contributed by atoms with Crippen molar-refractivity contribution < 1.29 is 0 Å². The highest BCUT2D eigenvalue weighted by atomic mass is 35.5. The molecule has 0 aromatic rings. The third-order valence-electron chi connectivity index (χ3n) is 0. The fourth-order valence-electron chi connectivity index (χ4n) is 0. The summed E-state index contributed by atoms with van der Waals surface area (Å²) >= 11 is 4.14. The molecule has 0 bridgehead atoms. The van der Waals surface area contributed by atoms with Crippen molar-refractivity contribution in [3.8, 4) is 0 Å². The van der Waals surface area contributed by atoms with Gasteiger partial charge in [0.1, 0.15) is 0 Å². The summed E-state index contributed by atoms with van der Waals surface area (Å²) in [6.07, 6.45) is 0. The first-order valence-corrected chi connectivity index (χ1v) is 1.24. The van der Waals surface area contributed by atoms with Crippen LogP contribution in [0, 0.1) is 11.1 Å². The molecule has 0 amide bonds. The molecular weight excluding hydrogens is 105 g/mol. The zero-order chi connectivity index (χ0) is 6.00. The van der Waals surface area contributed by atoms with E-state index < -0.39 is 0 Å². The SMILES string of the molecule is N=N.NCl.NN. The molecule has 0 radical (unpaired) electrons. The number of nitrogens with one attached hydrogen (secondary N) is 2. The Morgan fingerprint density at radius 3 is 1.00 bits per heavy atom. The van der Waals surface area contributed by atoms with Crippen LogP contribution in [0.3, 0.4) is 0 Å². The van der Waals surface area contributed by atoms with Gasteiger partial charge in [-0.2, -0.15) is 0 Å². The molecular formula is H8ClN5. The van der Waals surface area contributed by atoms with Crippen molar-refractivity contribution in [2.75, 3.05) is 0 Å². The summed E-state index contributed by atoms with van der Waals surface area (Å²) in [5.74, 6) is 8.00. The molecule has 6 heavy (non-hydrogen) atoms. The van der Waals surface area contributed by atoms with Crippen molar-refractivity contribution in [3.63, 3.8) is 0 Å². The summed E-state index contributed by atoms with van der Waals surface area (Å²) in [5.41, 5.74) is 10.0. The summed E-state index contributed by atoms with van der Waals surface area (Å²) in [4.78, 5) is 0. The van der Waals surface area contributed by atoms with Gasteiger partial charge in [0.15, 0.2) is 0 Å². The third-order valence-corrected chi connectivity index (χ3v) is 0. The van der Waals surface area contributed by atoms with E-state index in [1.807, 2.05) is 0 Å². The standard InChI is InChI=1S/ClH2N.H4N2.H2N2/c3*1-2/h2H2;1-2H2;1-2H. The Morgan fingerprint density at radius 2 is 1.00 bits per heavy atom. The lowest BCUT2D eigenvalue weighted by Crippen LogP contribution is -2.02. The molecule has 8 N–H and O–H groups in total. The quantitative estimate of drug-likeness (QED) is 0.126. The van der Waals surface area contributed by atoms with Crippen molar-refractivity contribution >= 4 is 11.8 Å². The van der Waals surface area contributed by atoms with Crippen LogP contribution in [0.15, 0.2) is 0 Å². The molecule has 0 fully saturated rings. The van der Waals surface area contributed by atoms with E-state index in [0.717, 1.165) is 0 Å². The number of nitrogens with two attached hydrogens (primary N) is 3. The monoisotopic (exact) mass is 113 g/mol. The van der Waals surface area contributed by atoms with Crippen LogP contribution in [0.4, 0.5) is 0 Å². The van der Waals surface area contributed by atoms with Crippen molar-refractivity contribution in [2.45, 2.75) is 0 Å². The summed E-state index contributed by atoms with van der Waals surface area (Å²) < 4.78 is 0. The van der Waals surface area contributed by atoms with E-state index in [1.54, 1.807) is 0 Å². The van der Waals surface area contributed by atoms with Crippen molar-refractivity contribution in [1.29, 1.82) is 11.1 Å². The van der Waals surface area contributed by atoms with Crippen LogP contribution in [0.2, 0.25) is 0 Å². The molecule has 0 rings (SSSR count). The maximum Gasteiger partial charge on any atom is -0.0285 e. The number of hydrogen-bond acceptors (Lipinski definition) is 5. The van der Waals surface area contributed by atoms with Gasteiger partial charge in [-0.15, -0.1) is 0 Å². The minimum atomic E-state index is 3.97. The lowest BCUT2D eigenvalue weighted by atomic mass is 13.0. The Bertz CT molecular complexity index is 3.90. The van der Waals surface area contributed by atoms with Gasteiger partial charge in [0.2, 0.25) is 0 Å². The predicted octanol–water partition coefficient (Wildman–Crippen LogP) is -0.486. The first kappa shape index (κ1) is 17.1. The molecule has 40 valence electrons. The molecule has 5 nitrogen and oxygen atoms in total. The Labute approximate surface area is 40.8 Å². The van der Waals surface area contributed by atoms with E-state index in [9.17, 15) is 0 Å². The topological polar surface area (TPSA) is 126 Å². The summed E-state index contributed by atoms with van der Waals surface area (Å²) in [6.45, 7) is 0. The number of rotatable bonds is 0. The van der Waals surface area contributed by atoms with E-state index in [1.165, 1.54) is 0 Å². The third kappa shape index (κ3) is 547. The summed E-state index contributed by atoms with van der Waals surface area (Å²) in [7, 11) is 0. The van der Waals surface area contributed by atoms with Gasteiger partial charge in [-0.05, 0) is 11.8 Å².